The van der Waals surface area contributed by atoms with Crippen molar-refractivity contribution in [3.8, 4) is 0 Å². The first-order chi connectivity index (χ1) is 13.1. The third-order valence-corrected chi connectivity index (χ3v) is 8.83. The Balaban J connectivity index is 1.60. The van der Waals surface area contributed by atoms with Gasteiger partial charge in [-0.2, -0.15) is 4.31 Å². The van der Waals surface area contributed by atoms with Crippen molar-refractivity contribution >= 4 is 27.3 Å². The number of benzene rings is 1. The summed E-state index contributed by atoms with van der Waals surface area (Å²) >= 11 is 1.19. The zero-order chi connectivity index (χ0) is 18.9. The fourth-order valence-electron chi connectivity index (χ4n) is 4.08. The molecule has 0 saturated heterocycles. The molecule has 5 nitrogen and oxygen atoms in total. The van der Waals surface area contributed by atoms with Crippen LogP contribution in [-0.4, -0.2) is 31.2 Å². The second-order valence-electron chi connectivity index (χ2n) is 7.37. The molecule has 2 heterocycles. The van der Waals surface area contributed by atoms with Crippen molar-refractivity contribution in [2.45, 2.75) is 48.9 Å². The van der Waals surface area contributed by atoms with E-state index in [4.69, 9.17) is 0 Å². The maximum atomic E-state index is 13.2. The summed E-state index contributed by atoms with van der Waals surface area (Å²) in [7, 11) is -3.70. The summed E-state index contributed by atoms with van der Waals surface area (Å²) in [4.78, 5) is 13.0. The summed E-state index contributed by atoms with van der Waals surface area (Å²) in [6, 6.07) is 10.4. The van der Waals surface area contributed by atoms with Crippen LogP contribution >= 0.6 is 11.3 Å². The fourth-order valence-corrected chi connectivity index (χ4v) is 6.76. The topological polar surface area (TPSA) is 66.5 Å². The van der Waals surface area contributed by atoms with Gasteiger partial charge in [0.2, 0.25) is 5.91 Å². The molecule has 2 aliphatic rings. The van der Waals surface area contributed by atoms with Crippen molar-refractivity contribution in [3.63, 3.8) is 0 Å². The molecular weight excluding hydrogens is 380 g/mol. The van der Waals surface area contributed by atoms with Gasteiger partial charge in [0.05, 0.1) is 0 Å². The van der Waals surface area contributed by atoms with E-state index in [2.05, 4.69) is 5.32 Å². The van der Waals surface area contributed by atoms with Crippen molar-refractivity contribution in [1.29, 1.82) is 0 Å². The summed E-state index contributed by atoms with van der Waals surface area (Å²) in [5.41, 5.74) is 2.02. The quantitative estimate of drug-likeness (QED) is 0.832. The van der Waals surface area contributed by atoms with Crippen LogP contribution in [0.15, 0.2) is 46.0 Å². The predicted octanol–water partition coefficient (Wildman–Crippen LogP) is 3.17. The van der Waals surface area contributed by atoms with E-state index in [-0.39, 0.29) is 16.7 Å². The Hall–Kier alpha value is -1.70. The van der Waals surface area contributed by atoms with Crippen LogP contribution in [0, 0.1) is 5.92 Å². The van der Waals surface area contributed by atoms with Crippen LogP contribution in [0.3, 0.4) is 0 Å². The first-order valence-corrected chi connectivity index (χ1v) is 11.8. The molecule has 4 rings (SSSR count). The first kappa shape index (κ1) is 18.7. The molecule has 0 unspecified atom stereocenters. The van der Waals surface area contributed by atoms with Gasteiger partial charge >= 0.3 is 0 Å². The number of sulfonamides is 1. The molecule has 144 valence electrons. The highest BCUT2D eigenvalue weighted by Crippen LogP contribution is 2.31. The van der Waals surface area contributed by atoms with Gasteiger partial charge in [-0.3, -0.25) is 4.79 Å². The Morgan fingerprint density at radius 2 is 1.85 bits per heavy atom. The summed E-state index contributed by atoms with van der Waals surface area (Å²) in [6.07, 6.45) is 5.14. The fraction of sp³-hybridized carbons (Fsp3) is 0.450. The highest BCUT2D eigenvalue weighted by atomic mass is 32.2. The largest absolute Gasteiger partial charge is 0.354 e. The summed E-state index contributed by atoms with van der Waals surface area (Å²) in [5.74, 6) is 0.337. The lowest BCUT2D eigenvalue weighted by molar-refractivity contribution is -0.125. The van der Waals surface area contributed by atoms with Crippen LogP contribution in [0.25, 0.3) is 0 Å². The van der Waals surface area contributed by atoms with Crippen molar-refractivity contribution in [2.24, 2.45) is 5.92 Å². The van der Waals surface area contributed by atoms with E-state index in [1.54, 1.807) is 17.5 Å². The Kier molecular flexibility index (Phi) is 5.34. The summed E-state index contributed by atoms with van der Waals surface area (Å²) in [5, 5.41) is 4.78. The third kappa shape index (κ3) is 3.81. The molecule has 1 saturated carbocycles. The van der Waals surface area contributed by atoms with Gasteiger partial charge in [0.1, 0.15) is 10.3 Å². The monoisotopic (exact) mass is 404 g/mol. The number of nitrogens with zero attached hydrogens (tertiary/aromatic N) is 1. The lowest BCUT2D eigenvalue weighted by atomic mass is 9.95. The van der Waals surface area contributed by atoms with E-state index in [0.717, 1.165) is 24.0 Å². The smallest absolute Gasteiger partial charge is 0.253 e. The minimum Gasteiger partial charge on any atom is -0.354 e. The minimum absolute atomic E-state index is 0.184. The summed E-state index contributed by atoms with van der Waals surface area (Å²) in [6.45, 7) is 0.877. The average molecular weight is 405 g/mol. The van der Waals surface area contributed by atoms with Gasteiger partial charge in [0.15, 0.2) is 0 Å². The van der Waals surface area contributed by atoms with Crippen molar-refractivity contribution in [3.05, 3.63) is 52.9 Å². The molecule has 7 heteroatoms. The molecule has 0 spiro atoms. The number of amides is 1. The highest BCUT2D eigenvalue weighted by Gasteiger charge is 2.40. The van der Waals surface area contributed by atoms with Gasteiger partial charge in [0.25, 0.3) is 10.0 Å². The average Bonchev–Trinajstić information content (AvgIpc) is 3.39. The number of rotatable bonds is 5. The van der Waals surface area contributed by atoms with Crippen LogP contribution in [0.1, 0.15) is 36.8 Å². The van der Waals surface area contributed by atoms with Gasteiger partial charge in [-0.15, -0.1) is 11.3 Å². The maximum absolute atomic E-state index is 13.2. The number of carbonyl (C=O) groups is 1. The maximum Gasteiger partial charge on any atom is 0.253 e. The highest BCUT2D eigenvalue weighted by molar-refractivity contribution is 7.91. The minimum atomic E-state index is -3.70. The molecule has 1 amide bonds. The second-order valence-corrected chi connectivity index (χ2v) is 10.4. The van der Waals surface area contributed by atoms with Gasteiger partial charge in [-0.05, 0) is 47.8 Å². The molecule has 1 fully saturated rings. The molecule has 1 aliphatic heterocycles. The third-order valence-electron chi connectivity index (χ3n) is 5.61. The van der Waals surface area contributed by atoms with E-state index in [1.807, 2.05) is 24.3 Å². The van der Waals surface area contributed by atoms with Gasteiger partial charge in [-0.1, -0.05) is 43.2 Å². The van der Waals surface area contributed by atoms with Gasteiger partial charge in [-0.25, -0.2) is 8.42 Å². The van der Waals surface area contributed by atoms with E-state index < -0.39 is 16.1 Å². The predicted molar refractivity (Wildman–Crippen MR) is 106 cm³/mol. The molecule has 1 aliphatic carbocycles. The van der Waals surface area contributed by atoms with E-state index in [0.29, 0.717) is 18.9 Å². The van der Waals surface area contributed by atoms with Crippen LogP contribution in [-0.2, 0) is 27.8 Å². The molecule has 1 aromatic carbocycles. The first-order valence-electron chi connectivity index (χ1n) is 9.45. The number of thiophene rings is 1. The zero-order valence-electron chi connectivity index (χ0n) is 15.1. The Labute approximate surface area is 164 Å². The van der Waals surface area contributed by atoms with Crippen molar-refractivity contribution in [1.82, 2.24) is 9.62 Å². The molecule has 1 atom stereocenters. The Morgan fingerprint density at radius 1 is 1.11 bits per heavy atom. The van der Waals surface area contributed by atoms with Crippen LogP contribution in [0.2, 0.25) is 0 Å². The van der Waals surface area contributed by atoms with Gasteiger partial charge < -0.3 is 5.32 Å². The van der Waals surface area contributed by atoms with E-state index in [9.17, 15) is 13.2 Å². The lowest BCUT2D eigenvalue weighted by Gasteiger charge is -2.34. The van der Waals surface area contributed by atoms with E-state index >= 15 is 0 Å². The standard InChI is InChI=1S/C20H24N2O3S2/c23-20(21-13-15-6-1-2-7-15)18-12-16-8-3-4-9-17(16)14-22(18)27(24,25)19-10-5-11-26-19/h3-5,8-11,15,18H,1-2,6-7,12-14H2,(H,21,23)/t18-/m0/s1. The number of hydrogen-bond acceptors (Lipinski definition) is 4. The van der Waals surface area contributed by atoms with Crippen LogP contribution < -0.4 is 5.32 Å². The molecule has 1 N–H and O–H groups in total. The molecule has 2 aromatic rings. The zero-order valence-corrected chi connectivity index (χ0v) is 16.8. The Morgan fingerprint density at radius 3 is 2.56 bits per heavy atom. The van der Waals surface area contributed by atoms with Crippen LogP contribution in [0.4, 0.5) is 0 Å². The second kappa shape index (κ2) is 7.73. The number of carbonyl (C=O) groups excluding carboxylic acids is 1. The molecule has 27 heavy (non-hydrogen) atoms. The normalized spacial score (nSPS) is 21.1. The molecular formula is C20H24N2O3S2. The van der Waals surface area contributed by atoms with Gasteiger partial charge in [0, 0.05) is 13.1 Å². The lowest BCUT2D eigenvalue weighted by Crippen LogP contribution is -2.52. The van der Waals surface area contributed by atoms with Crippen molar-refractivity contribution in [2.75, 3.05) is 6.54 Å². The number of hydrogen-bond donors (Lipinski definition) is 1. The molecule has 0 bridgehead atoms. The number of fused-ring (bicyclic) bond motifs is 1. The molecule has 1 aromatic heterocycles. The summed E-state index contributed by atoms with van der Waals surface area (Å²) < 4.78 is 28.0. The van der Waals surface area contributed by atoms with E-state index in [1.165, 1.54) is 28.5 Å². The number of nitrogens with one attached hydrogen (secondary N) is 1. The molecule has 0 radical (unpaired) electrons. The van der Waals surface area contributed by atoms with Crippen LogP contribution in [0.5, 0.6) is 0 Å². The SMILES string of the molecule is O=C(NCC1CCCC1)[C@@H]1Cc2ccccc2CN1S(=O)(=O)c1cccs1. The Bertz CT molecular complexity index is 903. The van der Waals surface area contributed by atoms with Crippen molar-refractivity contribution < 1.29 is 13.2 Å².